The zero-order valence-corrected chi connectivity index (χ0v) is 18.8. The number of carbonyl (C=O) groups excluding carboxylic acids is 2. The van der Waals surface area contributed by atoms with Crippen LogP contribution in [0.4, 0.5) is 0 Å². The van der Waals surface area contributed by atoms with E-state index in [4.69, 9.17) is 0 Å². The third kappa shape index (κ3) is 4.37. The van der Waals surface area contributed by atoms with Crippen molar-refractivity contribution in [1.82, 2.24) is 25.2 Å². The van der Waals surface area contributed by atoms with Gasteiger partial charge in [-0.25, -0.2) is 4.68 Å². The Labute approximate surface area is 191 Å². The summed E-state index contributed by atoms with van der Waals surface area (Å²) in [5.41, 5.74) is 6.23. The Kier molecular flexibility index (Phi) is 6.53. The van der Waals surface area contributed by atoms with Crippen molar-refractivity contribution in [2.75, 3.05) is 0 Å². The molecule has 2 amide bonds. The molecule has 0 saturated carbocycles. The molecular weight excluding hydrogens is 418 g/mol. The van der Waals surface area contributed by atoms with Crippen LogP contribution in [0.5, 0.6) is 0 Å². The first-order valence-corrected chi connectivity index (χ1v) is 11.2. The van der Waals surface area contributed by atoms with Crippen molar-refractivity contribution < 1.29 is 9.59 Å². The molecular formula is C25H27N5O3. The first kappa shape index (κ1) is 22.3. The lowest BCUT2D eigenvalue weighted by atomic mass is 10.1. The number of para-hydroxylation sites is 1. The average Bonchev–Trinajstić information content (AvgIpc) is 3.22. The van der Waals surface area contributed by atoms with Crippen LogP contribution in [0.25, 0.3) is 21.7 Å². The van der Waals surface area contributed by atoms with Gasteiger partial charge in [0.1, 0.15) is 5.69 Å². The number of nitrogens with one attached hydrogen (secondary N) is 2. The molecule has 0 bridgehead atoms. The second-order valence-corrected chi connectivity index (χ2v) is 7.87. The number of hydrazine groups is 1. The molecule has 0 aliphatic carbocycles. The number of hydrogen-bond acceptors (Lipinski definition) is 4. The molecule has 2 aromatic heterocycles. The fourth-order valence-electron chi connectivity index (χ4n) is 4.04. The summed E-state index contributed by atoms with van der Waals surface area (Å²) >= 11 is 0. The molecule has 2 aromatic carbocycles. The van der Waals surface area contributed by atoms with Crippen LogP contribution >= 0.6 is 0 Å². The highest BCUT2D eigenvalue weighted by molar-refractivity contribution is 6.06. The topological polar surface area (TPSA) is 98.0 Å². The lowest BCUT2D eigenvalue weighted by Gasteiger charge is -2.12. The van der Waals surface area contributed by atoms with Crippen molar-refractivity contribution in [1.29, 1.82) is 0 Å². The lowest BCUT2D eigenvalue weighted by Crippen LogP contribution is -2.43. The zero-order valence-electron chi connectivity index (χ0n) is 18.8. The highest BCUT2D eigenvalue weighted by atomic mass is 16.2. The second-order valence-electron chi connectivity index (χ2n) is 7.87. The van der Waals surface area contributed by atoms with Gasteiger partial charge in [0, 0.05) is 29.4 Å². The van der Waals surface area contributed by atoms with Gasteiger partial charge in [0.05, 0.1) is 5.39 Å². The van der Waals surface area contributed by atoms with E-state index in [9.17, 15) is 14.4 Å². The minimum Gasteiger partial charge on any atom is -0.337 e. The van der Waals surface area contributed by atoms with Crippen molar-refractivity contribution in [3.05, 3.63) is 76.3 Å². The number of fused-ring (bicyclic) bond motifs is 2. The maximum absolute atomic E-state index is 13.0. The van der Waals surface area contributed by atoms with Gasteiger partial charge in [-0.15, -0.1) is 0 Å². The van der Waals surface area contributed by atoms with Crippen LogP contribution in [0.2, 0.25) is 0 Å². The maximum Gasteiger partial charge on any atom is 0.290 e. The number of carbonyl (C=O) groups is 2. The standard InChI is InChI=1S/C25H27N5O3/c1-3-5-10-15-30-25(33)19-13-8-7-12-18(19)22(28-30)24(32)27-26-23(31)21-16-17-11-6-9-14-20(17)29(21)4-2/h6-9,11-14,16H,3-5,10,15H2,1-2H3,(H,26,31)(H,27,32). The van der Waals surface area contributed by atoms with Crippen molar-refractivity contribution >= 4 is 33.5 Å². The number of aromatic nitrogens is 3. The van der Waals surface area contributed by atoms with Crippen LogP contribution in [-0.4, -0.2) is 26.2 Å². The third-order valence-electron chi connectivity index (χ3n) is 5.71. The van der Waals surface area contributed by atoms with Crippen LogP contribution in [0.1, 0.15) is 54.1 Å². The van der Waals surface area contributed by atoms with E-state index in [1.807, 2.05) is 35.8 Å². The van der Waals surface area contributed by atoms with Crippen molar-refractivity contribution in [2.45, 2.75) is 46.2 Å². The lowest BCUT2D eigenvalue weighted by molar-refractivity contribution is 0.0839. The monoisotopic (exact) mass is 445 g/mol. The first-order valence-electron chi connectivity index (χ1n) is 11.2. The van der Waals surface area contributed by atoms with Gasteiger partial charge in [-0.3, -0.25) is 25.2 Å². The fourth-order valence-corrected chi connectivity index (χ4v) is 4.04. The summed E-state index contributed by atoms with van der Waals surface area (Å²) in [6, 6.07) is 16.4. The fraction of sp³-hybridized carbons (Fsp3) is 0.280. The Morgan fingerprint density at radius 1 is 0.909 bits per heavy atom. The number of hydrogen-bond donors (Lipinski definition) is 2. The molecule has 0 saturated heterocycles. The number of unbranched alkanes of at least 4 members (excludes halogenated alkanes) is 2. The zero-order chi connectivity index (χ0) is 23.4. The SMILES string of the molecule is CCCCCn1nc(C(=O)NNC(=O)c2cc3ccccc3n2CC)c2ccccc2c1=O. The molecule has 0 radical (unpaired) electrons. The van der Waals surface area contributed by atoms with E-state index in [2.05, 4.69) is 22.9 Å². The smallest absolute Gasteiger partial charge is 0.290 e. The van der Waals surface area contributed by atoms with Gasteiger partial charge in [0.2, 0.25) is 0 Å². The molecule has 0 fully saturated rings. The molecule has 2 N–H and O–H groups in total. The van der Waals surface area contributed by atoms with E-state index >= 15 is 0 Å². The number of nitrogens with zero attached hydrogens (tertiary/aromatic N) is 3. The van der Waals surface area contributed by atoms with E-state index in [1.54, 1.807) is 30.3 Å². The molecule has 0 spiro atoms. The van der Waals surface area contributed by atoms with E-state index < -0.39 is 11.8 Å². The Morgan fingerprint density at radius 3 is 2.36 bits per heavy atom. The summed E-state index contributed by atoms with van der Waals surface area (Å²) in [5, 5.41) is 6.14. The summed E-state index contributed by atoms with van der Waals surface area (Å²) in [4.78, 5) is 38.7. The van der Waals surface area contributed by atoms with E-state index in [0.717, 1.165) is 30.2 Å². The van der Waals surface area contributed by atoms with Crippen molar-refractivity contribution in [2.24, 2.45) is 0 Å². The Bertz CT molecular complexity index is 1390. The summed E-state index contributed by atoms with van der Waals surface area (Å²) in [6.45, 7) is 5.08. The molecule has 4 aromatic rings. The molecule has 0 aliphatic heterocycles. The highest BCUT2D eigenvalue weighted by Crippen LogP contribution is 2.19. The van der Waals surface area contributed by atoms with Crippen LogP contribution in [0.15, 0.2) is 59.4 Å². The van der Waals surface area contributed by atoms with E-state index in [1.165, 1.54) is 4.68 Å². The Morgan fingerprint density at radius 2 is 1.61 bits per heavy atom. The van der Waals surface area contributed by atoms with Gasteiger partial charge in [-0.1, -0.05) is 56.2 Å². The quantitative estimate of drug-likeness (QED) is 0.335. The molecule has 33 heavy (non-hydrogen) atoms. The van der Waals surface area contributed by atoms with Gasteiger partial charge < -0.3 is 4.57 Å². The molecule has 2 heterocycles. The number of benzene rings is 2. The molecule has 8 nitrogen and oxygen atoms in total. The predicted molar refractivity (Wildman–Crippen MR) is 128 cm³/mol. The third-order valence-corrected chi connectivity index (χ3v) is 5.71. The van der Waals surface area contributed by atoms with Crippen LogP contribution in [-0.2, 0) is 13.1 Å². The highest BCUT2D eigenvalue weighted by Gasteiger charge is 2.19. The summed E-state index contributed by atoms with van der Waals surface area (Å²) in [6.07, 6.45) is 2.77. The summed E-state index contributed by atoms with van der Waals surface area (Å²) in [7, 11) is 0. The Balaban J connectivity index is 1.60. The van der Waals surface area contributed by atoms with Crippen LogP contribution in [0.3, 0.4) is 0 Å². The minimum atomic E-state index is -0.581. The van der Waals surface area contributed by atoms with Crippen molar-refractivity contribution in [3.63, 3.8) is 0 Å². The van der Waals surface area contributed by atoms with Gasteiger partial charge in [0.25, 0.3) is 17.4 Å². The molecule has 0 atom stereocenters. The average molecular weight is 446 g/mol. The maximum atomic E-state index is 13.0. The second kappa shape index (κ2) is 9.68. The van der Waals surface area contributed by atoms with Crippen molar-refractivity contribution in [3.8, 4) is 0 Å². The normalized spacial score (nSPS) is 11.1. The molecule has 0 unspecified atom stereocenters. The minimum absolute atomic E-state index is 0.0954. The largest absolute Gasteiger partial charge is 0.337 e. The van der Waals surface area contributed by atoms with Gasteiger partial charge in [-0.2, -0.15) is 5.10 Å². The van der Waals surface area contributed by atoms with E-state index in [-0.39, 0.29) is 11.3 Å². The summed E-state index contributed by atoms with van der Waals surface area (Å²) in [5.74, 6) is -1.01. The first-order chi connectivity index (χ1) is 16.0. The van der Waals surface area contributed by atoms with Crippen LogP contribution < -0.4 is 16.4 Å². The van der Waals surface area contributed by atoms with Gasteiger partial charge >= 0.3 is 0 Å². The summed E-state index contributed by atoms with van der Waals surface area (Å²) < 4.78 is 3.22. The Hall–Kier alpha value is -3.94. The molecule has 170 valence electrons. The number of rotatable bonds is 7. The van der Waals surface area contributed by atoms with Gasteiger partial charge in [-0.05, 0) is 31.5 Å². The predicted octanol–water partition coefficient (Wildman–Crippen LogP) is 3.64. The van der Waals surface area contributed by atoms with Crippen LogP contribution in [0, 0.1) is 0 Å². The molecule has 8 heteroatoms. The van der Waals surface area contributed by atoms with E-state index in [0.29, 0.717) is 29.6 Å². The van der Waals surface area contributed by atoms with Gasteiger partial charge in [0.15, 0.2) is 5.69 Å². The number of amides is 2. The molecule has 0 aliphatic rings. The molecule has 4 rings (SSSR count). The number of aryl methyl sites for hydroxylation is 2.